The summed E-state index contributed by atoms with van der Waals surface area (Å²) < 4.78 is 37.8. The van der Waals surface area contributed by atoms with Crippen LogP contribution in [0, 0.1) is 0 Å². The average Bonchev–Trinajstić information content (AvgIpc) is 3.35. The Labute approximate surface area is 180 Å². The van der Waals surface area contributed by atoms with Crippen molar-refractivity contribution in [2.24, 2.45) is 0 Å². The minimum atomic E-state index is -3.95. The van der Waals surface area contributed by atoms with Gasteiger partial charge in [-0.25, -0.2) is 0 Å². The molecule has 3 aromatic rings. The molecule has 6 nitrogen and oxygen atoms in total. The van der Waals surface area contributed by atoms with Crippen molar-refractivity contribution >= 4 is 21.3 Å². The summed E-state index contributed by atoms with van der Waals surface area (Å²) in [5, 5.41) is 18.5. The lowest BCUT2D eigenvalue weighted by atomic mass is 9.83. The number of phenols is 2. The number of aromatic hydroxyl groups is 2. The maximum Gasteiger partial charge on any atom is 0.315 e. The van der Waals surface area contributed by atoms with Crippen molar-refractivity contribution in [3.05, 3.63) is 90.0 Å². The van der Waals surface area contributed by atoms with Gasteiger partial charge in [0.1, 0.15) is 28.6 Å². The fourth-order valence-electron chi connectivity index (χ4n) is 4.31. The van der Waals surface area contributed by atoms with E-state index in [1.807, 2.05) is 0 Å². The Kier molecular flexibility index (Phi) is 4.72. The Morgan fingerprint density at radius 2 is 1.32 bits per heavy atom. The highest BCUT2D eigenvalue weighted by molar-refractivity contribution is 7.87. The molecule has 7 heteroatoms. The summed E-state index contributed by atoms with van der Waals surface area (Å²) in [6.45, 7) is 0. The van der Waals surface area contributed by atoms with Gasteiger partial charge in [0.05, 0.1) is 6.10 Å². The number of benzene rings is 3. The second kappa shape index (κ2) is 7.44. The Morgan fingerprint density at radius 1 is 0.774 bits per heavy atom. The van der Waals surface area contributed by atoms with Crippen LogP contribution in [0.2, 0.25) is 0 Å². The molecule has 0 amide bonds. The molecule has 2 bridgehead atoms. The van der Waals surface area contributed by atoms with E-state index in [4.69, 9.17) is 8.92 Å². The fraction of sp³-hybridized carbons (Fsp3) is 0.167. The van der Waals surface area contributed by atoms with Crippen LogP contribution in [-0.2, 0) is 14.9 Å². The van der Waals surface area contributed by atoms with Gasteiger partial charge in [-0.05, 0) is 58.7 Å². The molecule has 0 radical (unpaired) electrons. The summed E-state index contributed by atoms with van der Waals surface area (Å²) in [5.41, 5.74) is 3.27. The van der Waals surface area contributed by atoms with Crippen LogP contribution in [0.25, 0.3) is 11.1 Å². The van der Waals surface area contributed by atoms with Crippen LogP contribution in [0.4, 0.5) is 0 Å². The number of hydrogen-bond donors (Lipinski definition) is 2. The van der Waals surface area contributed by atoms with Gasteiger partial charge in [0.25, 0.3) is 0 Å². The molecule has 2 heterocycles. The third-order valence-corrected chi connectivity index (χ3v) is 7.28. The third kappa shape index (κ3) is 3.56. The quantitative estimate of drug-likeness (QED) is 0.588. The van der Waals surface area contributed by atoms with Crippen LogP contribution >= 0.6 is 0 Å². The molecule has 2 aliphatic rings. The smallest absolute Gasteiger partial charge is 0.315 e. The SMILES string of the molecule is O=S(=O)(Oc1ccccc1)[C@@H]1C[C@@H]2O[C@H]1C(c1ccc(O)cc1)=C2c1ccc(O)cc1. The van der Waals surface area contributed by atoms with Gasteiger partial charge in [0.15, 0.2) is 0 Å². The molecule has 5 rings (SSSR count). The molecule has 0 unspecified atom stereocenters. The summed E-state index contributed by atoms with van der Waals surface area (Å²) in [7, 11) is -3.95. The highest BCUT2D eigenvalue weighted by atomic mass is 32.2. The van der Waals surface area contributed by atoms with Gasteiger partial charge in [0.2, 0.25) is 0 Å². The van der Waals surface area contributed by atoms with Crippen LogP contribution in [0.1, 0.15) is 17.5 Å². The highest BCUT2D eigenvalue weighted by Gasteiger charge is 2.53. The number of phenolic OH excluding ortho intramolecular Hbond substituents is 2. The molecule has 0 aliphatic carbocycles. The van der Waals surface area contributed by atoms with Crippen molar-refractivity contribution in [1.29, 1.82) is 0 Å². The van der Waals surface area contributed by atoms with Gasteiger partial charge in [0, 0.05) is 6.42 Å². The zero-order valence-electron chi connectivity index (χ0n) is 16.4. The van der Waals surface area contributed by atoms with Gasteiger partial charge < -0.3 is 19.1 Å². The number of hydrogen-bond acceptors (Lipinski definition) is 6. The topological polar surface area (TPSA) is 93.1 Å². The van der Waals surface area contributed by atoms with Crippen LogP contribution in [0.15, 0.2) is 78.9 Å². The second-order valence-corrected chi connectivity index (χ2v) is 9.39. The van der Waals surface area contributed by atoms with Crippen molar-refractivity contribution < 1.29 is 27.6 Å². The van der Waals surface area contributed by atoms with Crippen molar-refractivity contribution in [2.45, 2.75) is 23.9 Å². The molecule has 3 atom stereocenters. The van der Waals surface area contributed by atoms with E-state index in [-0.39, 0.29) is 23.7 Å². The number of fused-ring (bicyclic) bond motifs is 2. The predicted octanol–water partition coefficient (Wildman–Crippen LogP) is 3.96. The fourth-order valence-corrected chi connectivity index (χ4v) is 5.72. The lowest BCUT2D eigenvalue weighted by Gasteiger charge is -2.24. The van der Waals surface area contributed by atoms with Gasteiger partial charge in [-0.2, -0.15) is 8.42 Å². The lowest BCUT2D eigenvalue weighted by Crippen LogP contribution is -2.35. The van der Waals surface area contributed by atoms with Gasteiger partial charge >= 0.3 is 10.1 Å². The molecule has 2 aliphatic heterocycles. The molecule has 158 valence electrons. The van der Waals surface area contributed by atoms with E-state index in [2.05, 4.69) is 0 Å². The maximum atomic E-state index is 13.1. The van der Waals surface area contributed by atoms with E-state index in [1.165, 1.54) is 0 Å². The Balaban J connectivity index is 1.58. The molecule has 31 heavy (non-hydrogen) atoms. The molecule has 1 saturated heterocycles. The standard InChI is InChI=1S/C24H20O6S/c25-17-10-6-15(7-11-17)22-20-14-21(31(27,28)30-19-4-2-1-3-5-19)24(29-20)23(22)16-8-12-18(26)13-9-16/h1-13,20-21,24-26H,14H2/t20-,21+,24+/m0/s1. The first-order chi connectivity index (χ1) is 14.9. The largest absolute Gasteiger partial charge is 0.508 e. The van der Waals surface area contributed by atoms with E-state index < -0.39 is 27.6 Å². The molecular weight excluding hydrogens is 416 g/mol. The summed E-state index contributed by atoms with van der Waals surface area (Å²) >= 11 is 0. The van der Waals surface area contributed by atoms with Crippen LogP contribution in [0.3, 0.4) is 0 Å². The zero-order valence-corrected chi connectivity index (χ0v) is 17.2. The van der Waals surface area contributed by atoms with Gasteiger partial charge in [-0.1, -0.05) is 42.5 Å². The van der Waals surface area contributed by atoms with E-state index in [9.17, 15) is 18.6 Å². The first kappa shape index (κ1) is 19.7. The van der Waals surface area contributed by atoms with E-state index in [0.29, 0.717) is 0 Å². The first-order valence-corrected chi connectivity index (χ1v) is 11.4. The zero-order chi connectivity index (χ0) is 21.6. The molecule has 0 spiro atoms. The summed E-state index contributed by atoms with van der Waals surface area (Å²) in [5.74, 6) is 0.534. The van der Waals surface area contributed by atoms with E-state index in [0.717, 1.165) is 22.3 Å². The maximum absolute atomic E-state index is 13.1. The minimum absolute atomic E-state index is 0.121. The van der Waals surface area contributed by atoms with Crippen molar-refractivity contribution in [3.8, 4) is 17.2 Å². The average molecular weight is 436 g/mol. The Bertz CT molecular complexity index is 1230. The normalized spacial score (nSPS) is 22.6. The molecule has 0 saturated carbocycles. The minimum Gasteiger partial charge on any atom is -0.508 e. The lowest BCUT2D eigenvalue weighted by molar-refractivity contribution is 0.128. The Morgan fingerprint density at radius 3 is 1.90 bits per heavy atom. The summed E-state index contributed by atoms with van der Waals surface area (Å²) in [6.07, 6.45) is -0.845. The molecule has 0 aromatic heterocycles. The van der Waals surface area contributed by atoms with Crippen LogP contribution in [-0.4, -0.2) is 36.1 Å². The summed E-state index contributed by atoms with van der Waals surface area (Å²) in [6, 6.07) is 21.8. The van der Waals surface area contributed by atoms with Gasteiger partial charge in [-0.15, -0.1) is 0 Å². The van der Waals surface area contributed by atoms with Crippen LogP contribution < -0.4 is 4.18 Å². The van der Waals surface area contributed by atoms with Crippen molar-refractivity contribution in [3.63, 3.8) is 0 Å². The molecule has 2 N–H and O–H groups in total. The molecular formula is C24H20O6S. The predicted molar refractivity (Wildman–Crippen MR) is 116 cm³/mol. The highest BCUT2D eigenvalue weighted by Crippen LogP contribution is 2.51. The van der Waals surface area contributed by atoms with Crippen LogP contribution in [0.5, 0.6) is 17.2 Å². The van der Waals surface area contributed by atoms with Crippen molar-refractivity contribution in [2.75, 3.05) is 0 Å². The molecule has 1 fully saturated rings. The van der Waals surface area contributed by atoms with E-state index in [1.54, 1.807) is 78.9 Å². The molecule has 3 aromatic carbocycles. The number of rotatable bonds is 5. The number of ether oxygens (including phenoxy) is 1. The van der Waals surface area contributed by atoms with Crippen molar-refractivity contribution in [1.82, 2.24) is 0 Å². The van der Waals surface area contributed by atoms with Gasteiger partial charge in [-0.3, -0.25) is 0 Å². The second-order valence-electron chi connectivity index (χ2n) is 7.63. The monoisotopic (exact) mass is 436 g/mol. The van der Waals surface area contributed by atoms with E-state index >= 15 is 0 Å². The first-order valence-electron chi connectivity index (χ1n) is 9.89. The summed E-state index contributed by atoms with van der Waals surface area (Å²) in [4.78, 5) is 0. The Hall–Kier alpha value is -3.29. The number of para-hydroxylation sites is 1. The third-order valence-electron chi connectivity index (χ3n) is 5.67.